The van der Waals surface area contributed by atoms with E-state index in [1.54, 1.807) is 0 Å². The van der Waals surface area contributed by atoms with E-state index in [4.69, 9.17) is 4.74 Å². The number of hydrogen-bond acceptors (Lipinski definition) is 1. The second kappa shape index (κ2) is 3.38. The van der Waals surface area contributed by atoms with Gasteiger partial charge in [-0.05, 0) is 24.2 Å². The average molecular weight is 142 g/mol. The van der Waals surface area contributed by atoms with Crippen molar-refractivity contribution in [1.29, 1.82) is 0 Å². The van der Waals surface area contributed by atoms with E-state index >= 15 is 0 Å². The molecule has 2 atom stereocenters. The lowest BCUT2D eigenvalue weighted by Crippen LogP contribution is -2.28. The molecule has 0 aromatic carbocycles. The van der Waals surface area contributed by atoms with E-state index < -0.39 is 0 Å². The van der Waals surface area contributed by atoms with Crippen LogP contribution >= 0.6 is 0 Å². The largest absolute Gasteiger partial charge is 0.381 e. The van der Waals surface area contributed by atoms with Crippen LogP contribution in [0.4, 0.5) is 0 Å². The fraction of sp³-hybridized carbons (Fsp3) is 1.00. The van der Waals surface area contributed by atoms with E-state index in [2.05, 4.69) is 20.8 Å². The Morgan fingerprint density at radius 2 is 2.10 bits per heavy atom. The summed E-state index contributed by atoms with van der Waals surface area (Å²) in [5.41, 5.74) is 0. The van der Waals surface area contributed by atoms with Crippen LogP contribution in [0.1, 0.15) is 27.2 Å². The SMILES string of the molecule is CC(C)[C@H]1CCOC[C@H]1C. The van der Waals surface area contributed by atoms with Gasteiger partial charge in [0.05, 0.1) is 0 Å². The van der Waals surface area contributed by atoms with Crippen LogP contribution in [0.3, 0.4) is 0 Å². The van der Waals surface area contributed by atoms with Gasteiger partial charge in [0.2, 0.25) is 0 Å². The molecule has 0 saturated carbocycles. The minimum atomic E-state index is 0.772. The van der Waals surface area contributed by atoms with Crippen LogP contribution in [0, 0.1) is 17.8 Å². The molecular weight excluding hydrogens is 124 g/mol. The molecule has 1 nitrogen and oxygen atoms in total. The topological polar surface area (TPSA) is 9.23 Å². The first-order chi connectivity index (χ1) is 4.72. The molecule has 1 rings (SSSR count). The Balaban J connectivity index is 2.40. The third-order valence-electron chi connectivity index (χ3n) is 2.56. The standard InChI is InChI=1S/C9H18O/c1-7(2)9-4-5-10-6-8(9)3/h7-9H,4-6H2,1-3H3/t8-,9-/m1/s1. The summed E-state index contributed by atoms with van der Waals surface area (Å²) in [7, 11) is 0. The first kappa shape index (κ1) is 8.06. The zero-order valence-electron chi connectivity index (χ0n) is 7.26. The van der Waals surface area contributed by atoms with Crippen LogP contribution in [0.25, 0.3) is 0 Å². The fourth-order valence-electron chi connectivity index (χ4n) is 1.89. The van der Waals surface area contributed by atoms with E-state index in [0.717, 1.165) is 31.0 Å². The molecule has 0 aromatic rings. The highest BCUT2D eigenvalue weighted by Gasteiger charge is 2.23. The maximum atomic E-state index is 5.36. The van der Waals surface area contributed by atoms with E-state index in [1.165, 1.54) is 6.42 Å². The zero-order chi connectivity index (χ0) is 7.56. The molecule has 1 aliphatic heterocycles. The van der Waals surface area contributed by atoms with Crippen LogP contribution in [0.5, 0.6) is 0 Å². The van der Waals surface area contributed by atoms with Gasteiger partial charge in [-0.1, -0.05) is 20.8 Å². The summed E-state index contributed by atoms with van der Waals surface area (Å²) in [6, 6.07) is 0. The summed E-state index contributed by atoms with van der Waals surface area (Å²) in [4.78, 5) is 0. The van der Waals surface area contributed by atoms with Gasteiger partial charge < -0.3 is 4.74 Å². The van der Waals surface area contributed by atoms with E-state index in [1.807, 2.05) is 0 Å². The molecule has 1 saturated heterocycles. The second-order valence-electron chi connectivity index (χ2n) is 3.75. The summed E-state index contributed by atoms with van der Waals surface area (Å²) in [6.07, 6.45) is 1.26. The Morgan fingerprint density at radius 3 is 2.50 bits per heavy atom. The molecule has 0 radical (unpaired) electrons. The van der Waals surface area contributed by atoms with Gasteiger partial charge in [0.15, 0.2) is 0 Å². The Bertz CT molecular complexity index is 98.9. The predicted molar refractivity (Wildman–Crippen MR) is 42.9 cm³/mol. The van der Waals surface area contributed by atoms with Gasteiger partial charge in [-0.2, -0.15) is 0 Å². The molecule has 0 aromatic heterocycles. The Hall–Kier alpha value is -0.0400. The van der Waals surface area contributed by atoms with Crippen molar-refractivity contribution in [3.8, 4) is 0 Å². The van der Waals surface area contributed by atoms with E-state index in [9.17, 15) is 0 Å². The highest BCUT2D eigenvalue weighted by Crippen LogP contribution is 2.27. The molecule has 60 valence electrons. The number of hydrogen-bond donors (Lipinski definition) is 0. The van der Waals surface area contributed by atoms with Gasteiger partial charge in [0.25, 0.3) is 0 Å². The van der Waals surface area contributed by atoms with Gasteiger partial charge in [0.1, 0.15) is 0 Å². The Labute approximate surface area is 63.8 Å². The van der Waals surface area contributed by atoms with Crippen LogP contribution < -0.4 is 0 Å². The Morgan fingerprint density at radius 1 is 1.40 bits per heavy atom. The third-order valence-corrected chi connectivity index (χ3v) is 2.56. The van der Waals surface area contributed by atoms with E-state index in [-0.39, 0.29) is 0 Å². The van der Waals surface area contributed by atoms with Crippen molar-refractivity contribution in [3.05, 3.63) is 0 Å². The molecule has 1 aliphatic rings. The van der Waals surface area contributed by atoms with Gasteiger partial charge in [0, 0.05) is 13.2 Å². The minimum Gasteiger partial charge on any atom is -0.381 e. The smallest absolute Gasteiger partial charge is 0.0494 e. The predicted octanol–water partition coefficient (Wildman–Crippen LogP) is 2.32. The number of rotatable bonds is 1. The van der Waals surface area contributed by atoms with Crippen molar-refractivity contribution in [2.24, 2.45) is 17.8 Å². The highest BCUT2D eigenvalue weighted by molar-refractivity contribution is 4.72. The maximum absolute atomic E-state index is 5.36. The lowest BCUT2D eigenvalue weighted by Gasteiger charge is -2.31. The van der Waals surface area contributed by atoms with Gasteiger partial charge in [-0.25, -0.2) is 0 Å². The number of ether oxygens (including phenoxy) is 1. The molecular formula is C9H18O. The van der Waals surface area contributed by atoms with Crippen molar-refractivity contribution >= 4 is 0 Å². The third kappa shape index (κ3) is 1.72. The highest BCUT2D eigenvalue weighted by atomic mass is 16.5. The van der Waals surface area contributed by atoms with Crippen molar-refractivity contribution in [3.63, 3.8) is 0 Å². The lowest BCUT2D eigenvalue weighted by molar-refractivity contribution is 0.00874. The molecule has 0 amide bonds. The average Bonchev–Trinajstić information content (AvgIpc) is 1.88. The first-order valence-corrected chi connectivity index (χ1v) is 4.29. The summed E-state index contributed by atoms with van der Waals surface area (Å²) in [5.74, 6) is 2.50. The Kier molecular flexibility index (Phi) is 2.72. The van der Waals surface area contributed by atoms with Gasteiger partial charge in [-0.15, -0.1) is 0 Å². The molecule has 0 N–H and O–H groups in total. The molecule has 0 unspecified atom stereocenters. The van der Waals surface area contributed by atoms with Crippen LogP contribution in [0.2, 0.25) is 0 Å². The summed E-state index contributed by atoms with van der Waals surface area (Å²) >= 11 is 0. The van der Waals surface area contributed by atoms with Crippen molar-refractivity contribution < 1.29 is 4.74 Å². The lowest BCUT2D eigenvalue weighted by atomic mass is 9.81. The second-order valence-corrected chi connectivity index (χ2v) is 3.75. The quantitative estimate of drug-likeness (QED) is 0.546. The zero-order valence-corrected chi connectivity index (χ0v) is 7.26. The monoisotopic (exact) mass is 142 g/mol. The van der Waals surface area contributed by atoms with Crippen molar-refractivity contribution in [1.82, 2.24) is 0 Å². The maximum Gasteiger partial charge on any atom is 0.0494 e. The van der Waals surface area contributed by atoms with Crippen molar-refractivity contribution in [2.75, 3.05) is 13.2 Å². The molecule has 1 heterocycles. The first-order valence-electron chi connectivity index (χ1n) is 4.29. The molecule has 0 bridgehead atoms. The molecule has 10 heavy (non-hydrogen) atoms. The summed E-state index contributed by atoms with van der Waals surface area (Å²) in [6.45, 7) is 8.87. The van der Waals surface area contributed by atoms with E-state index in [0.29, 0.717) is 0 Å². The van der Waals surface area contributed by atoms with Gasteiger partial charge in [-0.3, -0.25) is 0 Å². The molecule has 1 fully saturated rings. The summed E-state index contributed by atoms with van der Waals surface area (Å²) < 4.78 is 5.36. The van der Waals surface area contributed by atoms with Gasteiger partial charge >= 0.3 is 0 Å². The minimum absolute atomic E-state index is 0.772. The molecule has 1 heteroatoms. The summed E-state index contributed by atoms with van der Waals surface area (Å²) in [5, 5.41) is 0. The van der Waals surface area contributed by atoms with Crippen LogP contribution in [0.15, 0.2) is 0 Å². The molecule has 0 aliphatic carbocycles. The van der Waals surface area contributed by atoms with Crippen molar-refractivity contribution in [2.45, 2.75) is 27.2 Å². The van der Waals surface area contributed by atoms with Crippen LogP contribution in [-0.4, -0.2) is 13.2 Å². The molecule has 0 spiro atoms. The fourth-order valence-corrected chi connectivity index (χ4v) is 1.89. The van der Waals surface area contributed by atoms with Crippen LogP contribution in [-0.2, 0) is 4.74 Å². The normalized spacial score (nSPS) is 34.8.